The summed E-state index contributed by atoms with van der Waals surface area (Å²) >= 11 is 0. The average Bonchev–Trinajstić information content (AvgIpc) is 2.72. The number of benzene rings is 1. The monoisotopic (exact) mass is 430 g/mol. The van der Waals surface area contributed by atoms with Crippen LogP contribution in [0.3, 0.4) is 0 Å². The van der Waals surface area contributed by atoms with Crippen LogP contribution in [0.25, 0.3) is 0 Å². The van der Waals surface area contributed by atoms with Crippen molar-refractivity contribution in [2.75, 3.05) is 53.2 Å². The number of fused-ring (bicyclic) bond motifs is 1. The summed E-state index contributed by atoms with van der Waals surface area (Å²) in [5.74, 6) is 0.960. The van der Waals surface area contributed by atoms with Gasteiger partial charge < -0.3 is 24.3 Å². The maximum Gasteiger partial charge on any atom is 0.240 e. The van der Waals surface area contributed by atoms with Gasteiger partial charge in [-0.1, -0.05) is 6.42 Å². The molecule has 0 spiro atoms. The van der Waals surface area contributed by atoms with Crippen LogP contribution in [0.4, 0.5) is 0 Å². The first-order valence-corrected chi connectivity index (χ1v) is 11.2. The van der Waals surface area contributed by atoms with Crippen molar-refractivity contribution in [1.29, 1.82) is 0 Å². The minimum Gasteiger partial charge on any atom is -0.486 e. The van der Waals surface area contributed by atoms with Crippen molar-refractivity contribution < 1.29 is 32.2 Å². The standard InChI is InChI=1S/C19H30N2O7S/c1-25-11-12-26-10-9-20-19(22)5-3-2-4-8-21-29(23,24)16-6-7-17-18(15-16)28-14-13-27-17/h6-7,15,21H,2-5,8-14H2,1H3,(H,20,22). The first-order valence-electron chi connectivity index (χ1n) is 9.75. The zero-order chi connectivity index (χ0) is 21.0. The molecule has 0 saturated heterocycles. The minimum atomic E-state index is -3.61. The molecule has 1 aromatic carbocycles. The Bertz CT molecular complexity index is 740. The third-order valence-electron chi connectivity index (χ3n) is 4.20. The molecule has 0 fully saturated rings. The van der Waals surface area contributed by atoms with Crippen molar-refractivity contribution >= 4 is 15.9 Å². The van der Waals surface area contributed by atoms with Gasteiger partial charge in [-0.3, -0.25) is 4.79 Å². The number of methoxy groups -OCH3 is 1. The molecule has 29 heavy (non-hydrogen) atoms. The first kappa shape index (κ1) is 23.4. The summed E-state index contributed by atoms with van der Waals surface area (Å²) < 4.78 is 48.3. The Kier molecular flexibility index (Phi) is 10.2. The number of hydrogen-bond donors (Lipinski definition) is 2. The fourth-order valence-corrected chi connectivity index (χ4v) is 3.75. The van der Waals surface area contributed by atoms with Gasteiger partial charge in [0.2, 0.25) is 15.9 Å². The van der Waals surface area contributed by atoms with Gasteiger partial charge >= 0.3 is 0 Å². The molecule has 0 radical (unpaired) electrons. The summed E-state index contributed by atoms with van der Waals surface area (Å²) in [5.41, 5.74) is 0. The van der Waals surface area contributed by atoms with E-state index in [1.165, 1.54) is 12.1 Å². The van der Waals surface area contributed by atoms with Crippen molar-refractivity contribution in [3.05, 3.63) is 18.2 Å². The molecule has 0 saturated carbocycles. The van der Waals surface area contributed by atoms with E-state index >= 15 is 0 Å². The van der Waals surface area contributed by atoms with Crippen LogP contribution in [0, 0.1) is 0 Å². The molecule has 1 aromatic rings. The minimum absolute atomic E-state index is 0.0304. The van der Waals surface area contributed by atoms with Crippen molar-refractivity contribution in [3.8, 4) is 11.5 Å². The summed E-state index contributed by atoms with van der Waals surface area (Å²) in [5, 5.41) is 2.78. The van der Waals surface area contributed by atoms with E-state index < -0.39 is 10.0 Å². The average molecular weight is 431 g/mol. The Hall–Kier alpha value is -1.88. The molecule has 1 heterocycles. The topological polar surface area (TPSA) is 112 Å². The van der Waals surface area contributed by atoms with Gasteiger partial charge in [0.05, 0.1) is 24.7 Å². The number of hydrogen-bond acceptors (Lipinski definition) is 7. The maximum atomic E-state index is 12.4. The normalized spacial score (nSPS) is 13.3. The largest absolute Gasteiger partial charge is 0.486 e. The molecule has 1 aliphatic rings. The van der Waals surface area contributed by atoms with E-state index in [4.69, 9.17) is 18.9 Å². The molecule has 9 nitrogen and oxygen atoms in total. The summed E-state index contributed by atoms with van der Waals surface area (Å²) in [4.78, 5) is 11.8. The summed E-state index contributed by atoms with van der Waals surface area (Å²) in [6.07, 6.45) is 2.51. The lowest BCUT2D eigenvalue weighted by Gasteiger charge is -2.18. The lowest BCUT2D eigenvalue weighted by atomic mass is 10.2. The number of ether oxygens (including phenoxy) is 4. The Morgan fingerprint density at radius 3 is 2.62 bits per heavy atom. The van der Waals surface area contributed by atoms with Gasteiger partial charge in [0.1, 0.15) is 13.2 Å². The molecular formula is C19H30N2O7S. The van der Waals surface area contributed by atoms with E-state index in [0.717, 1.165) is 6.42 Å². The van der Waals surface area contributed by atoms with E-state index in [1.54, 1.807) is 13.2 Å². The van der Waals surface area contributed by atoms with Crippen LogP contribution in [0.15, 0.2) is 23.1 Å². The molecule has 1 amide bonds. The Balaban J connectivity index is 1.57. The van der Waals surface area contributed by atoms with Gasteiger partial charge in [-0.05, 0) is 25.0 Å². The molecule has 164 valence electrons. The summed E-state index contributed by atoms with van der Waals surface area (Å²) in [6, 6.07) is 4.57. The van der Waals surface area contributed by atoms with E-state index in [1.807, 2.05) is 0 Å². The van der Waals surface area contributed by atoms with E-state index in [-0.39, 0.29) is 10.8 Å². The number of unbranched alkanes of at least 4 members (excludes halogenated alkanes) is 2. The molecule has 0 unspecified atom stereocenters. The third kappa shape index (κ3) is 8.57. The molecule has 2 rings (SSSR count). The highest BCUT2D eigenvalue weighted by atomic mass is 32.2. The van der Waals surface area contributed by atoms with Crippen LogP contribution in [-0.2, 0) is 24.3 Å². The molecule has 2 N–H and O–H groups in total. The van der Waals surface area contributed by atoms with Gasteiger partial charge in [0.25, 0.3) is 0 Å². The smallest absolute Gasteiger partial charge is 0.240 e. The SMILES string of the molecule is COCCOCCNC(=O)CCCCCNS(=O)(=O)c1ccc2c(c1)OCCO2. The predicted molar refractivity (Wildman–Crippen MR) is 107 cm³/mol. The zero-order valence-electron chi connectivity index (χ0n) is 16.8. The van der Waals surface area contributed by atoms with Gasteiger partial charge in [0.15, 0.2) is 11.5 Å². The number of sulfonamides is 1. The number of rotatable bonds is 14. The summed E-state index contributed by atoms with van der Waals surface area (Å²) in [6.45, 7) is 3.14. The second-order valence-electron chi connectivity index (χ2n) is 6.47. The van der Waals surface area contributed by atoms with Crippen molar-refractivity contribution in [3.63, 3.8) is 0 Å². The molecule has 10 heteroatoms. The summed E-state index contributed by atoms with van der Waals surface area (Å²) in [7, 11) is -2.00. The number of amides is 1. The Morgan fingerprint density at radius 1 is 1.03 bits per heavy atom. The lowest BCUT2D eigenvalue weighted by molar-refractivity contribution is -0.121. The predicted octanol–water partition coefficient (Wildman–Crippen LogP) is 1.08. The quantitative estimate of drug-likeness (QED) is 0.425. The van der Waals surface area contributed by atoms with Crippen LogP contribution in [0.2, 0.25) is 0 Å². The molecule has 0 aromatic heterocycles. The second kappa shape index (κ2) is 12.6. The molecule has 0 bridgehead atoms. The van der Waals surface area contributed by atoms with Crippen molar-refractivity contribution in [1.82, 2.24) is 10.0 Å². The third-order valence-corrected chi connectivity index (χ3v) is 5.66. The Labute approximate surface area is 172 Å². The van der Waals surface area contributed by atoms with Crippen LogP contribution in [-0.4, -0.2) is 67.6 Å². The van der Waals surface area contributed by atoms with Crippen LogP contribution in [0.5, 0.6) is 11.5 Å². The van der Waals surface area contributed by atoms with Crippen LogP contribution < -0.4 is 19.5 Å². The molecule has 1 aliphatic heterocycles. The van der Waals surface area contributed by atoms with Crippen LogP contribution in [0.1, 0.15) is 25.7 Å². The molecule has 0 atom stereocenters. The maximum absolute atomic E-state index is 12.4. The number of nitrogens with one attached hydrogen (secondary N) is 2. The Morgan fingerprint density at radius 2 is 1.83 bits per heavy atom. The van der Waals surface area contributed by atoms with E-state index in [9.17, 15) is 13.2 Å². The second-order valence-corrected chi connectivity index (χ2v) is 8.24. The number of carbonyl (C=O) groups excluding carboxylic acids is 1. The van der Waals surface area contributed by atoms with Crippen molar-refractivity contribution in [2.24, 2.45) is 0 Å². The van der Waals surface area contributed by atoms with Gasteiger partial charge in [0, 0.05) is 32.7 Å². The van der Waals surface area contributed by atoms with Gasteiger partial charge in [-0.25, -0.2) is 13.1 Å². The fourth-order valence-electron chi connectivity index (χ4n) is 2.66. The highest BCUT2D eigenvalue weighted by Crippen LogP contribution is 2.32. The first-order chi connectivity index (χ1) is 14.0. The highest BCUT2D eigenvalue weighted by molar-refractivity contribution is 7.89. The van der Waals surface area contributed by atoms with Gasteiger partial charge in [-0.2, -0.15) is 0 Å². The zero-order valence-corrected chi connectivity index (χ0v) is 17.6. The van der Waals surface area contributed by atoms with E-state index in [0.29, 0.717) is 76.9 Å². The fraction of sp³-hybridized carbons (Fsp3) is 0.632. The van der Waals surface area contributed by atoms with Gasteiger partial charge in [-0.15, -0.1) is 0 Å². The molecule has 0 aliphatic carbocycles. The van der Waals surface area contributed by atoms with Crippen molar-refractivity contribution in [2.45, 2.75) is 30.6 Å². The molecular weight excluding hydrogens is 400 g/mol. The van der Waals surface area contributed by atoms with Crippen LogP contribution >= 0.6 is 0 Å². The lowest BCUT2D eigenvalue weighted by Crippen LogP contribution is -2.27. The highest BCUT2D eigenvalue weighted by Gasteiger charge is 2.18. The van der Waals surface area contributed by atoms with E-state index in [2.05, 4.69) is 10.0 Å². The number of carbonyl (C=O) groups is 1.